The molecule has 0 radical (unpaired) electrons. The predicted molar refractivity (Wildman–Crippen MR) is 95.5 cm³/mol. The summed E-state index contributed by atoms with van der Waals surface area (Å²) in [6.07, 6.45) is 0. The van der Waals surface area contributed by atoms with Gasteiger partial charge in [0, 0.05) is 22.6 Å². The van der Waals surface area contributed by atoms with Crippen molar-refractivity contribution in [1.29, 1.82) is 0 Å². The molecule has 0 bridgehead atoms. The average molecular weight is 332 g/mol. The standard InChI is InChI=1S/C22H17FO2/c1-15(21(24)18-11-13-20(23)14-12-18)16-7-9-19(10-8-16)22(25)17-5-3-2-4-6-17/h2-15H,1H3. The second-order valence-electron chi connectivity index (χ2n) is 5.91. The maximum absolute atomic E-state index is 13.0. The van der Waals surface area contributed by atoms with E-state index in [2.05, 4.69) is 0 Å². The van der Waals surface area contributed by atoms with Gasteiger partial charge in [0.1, 0.15) is 5.82 Å². The molecule has 0 aliphatic carbocycles. The molecule has 0 aromatic heterocycles. The van der Waals surface area contributed by atoms with Gasteiger partial charge in [-0.2, -0.15) is 0 Å². The normalized spacial score (nSPS) is 11.8. The Morgan fingerprint density at radius 3 is 1.84 bits per heavy atom. The van der Waals surface area contributed by atoms with Crippen LogP contribution in [0.1, 0.15) is 44.7 Å². The molecule has 1 atom stereocenters. The van der Waals surface area contributed by atoms with Crippen LogP contribution in [0.4, 0.5) is 4.39 Å². The molecular weight excluding hydrogens is 315 g/mol. The Hall–Kier alpha value is -3.07. The highest BCUT2D eigenvalue weighted by atomic mass is 19.1. The monoisotopic (exact) mass is 332 g/mol. The predicted octanol–water partition coefficient (Wildman–Crippen LogP) is 5.04. The van der Waals surface area contributed by atoms with Gasteiger partial charge in [0.2, 0.25) is 0 Å². The summed E-state index contributed by atoms with van der Waals surface area (Å²) < 4.78 is 13.0. The Bertz CT molecular complexity index is 882. The molecule has 0 fully saturated rings. The summed E-state index contributed by atoms with van der Waals surface area (Å²) >= 11 is 0. The molecule has 0 spiro atoms. The summed E-state index contributed by atoms with van der Waals surface area (Å²) in [6, 6.07) is 21.7. The molecule has 2 nitrogen and oxygen atoms in total. The van der Waals surface area contributed by atoms with Crippen LogP contribution in [0, 0.1) is 5.82 Å². The molecule has 0 saturated carbocycles. The van der Waals surface area contributed by atoms with E-state index in [1.807, 2.05) is 18.2 Å². The van der Waals surface area contributed by atoms with E-state index in [0.717, 1.165) is 5.56 Å². The molecule has 0 saturated heterocycles. The Labute approximate surface area is 145 Å². The van der Waals surface area contributed by atoms with Crippen LogP contribution in [0.15, 0.2) is 78.9 Å². The van der Waals surface area contributed by atoms with Gasteiger partial charge in [0.15, 0.2) is 11.6 Å². The van der Waals surface area contributed by atoms with Crippen molar-refractivity contribution < 1.29 is 14.0 Å². The molecule has 0 aliphatic heterocycles. The maximum atomic E-state index is 13.0. The van der Waals surface area contributed by atoms with E-state index in [9.17, 15) is 14.0 Å². The first kappa shape index (κ1) is 16.8. The topological polar surface area (TPSA) is 34.1 Å². The molecule has 3 heteroatoms. The van der Waals surface area contributed by atoms with Gasteiger partial charge in [-0.1, -0.05) is 61.5 Å². The third-order valence-electron chi connectivity index (χ3n) is 4.23. The molecule has 124 valence electrons. The Balaban J connectivity index is 1.78. The SMILES string of the molecule is CC(C(=O)c1ccc(F)cc1)c1ccc(C(=O)c2ccccc2)cc1. The lowest BCUT2D eigenvalue weighted by molar-refractivity contribution is 0.0965. The summed E-state index contributed by atoms with van der Waals surface area (Å²) in [5.41, 5.74) is 2.50. The zero-order chi connectivity index (χ0) is 17.8. The fraction of sp³-hybridized carbons (Fsp3) is 0.0909. The zero-order valence-corrected chi connectivity index (χ0v) is 13.8. The first-order valence-corrected chi connectivity index (χ1v) is 8.06. The van der Waals surface area contributed by atoms with Gasteiger partial charge in [0.25, 0.3) is 0 Å². The molecule has 0 heterocycles. The van der Waals surface area contributed by atoms with Crippen molar-refractivity contribution in [3.63, 3.8) is 0 Å². The third kappa shape index (κ3) is 3.72. The first-order chi connectivity index (χ1) is 12.1. The number of Topliss-reactive ketones (excluding diaryl/α,β-unsaturated/α-hetero) is 1. The van der Waals surface area contributed by atoms with Crippen molar-refractivity contribution in [3.8, 4) is 0 Å². The van der Waals surface area contributed by atoms with Crippen molar-refractivity contribution >= 4 is 11.6 Å². The number of carbonyl (C=O) groups is 2. The smallest absolute Gasteiger partial charge is 0.193 e. The van der Waals surface area contributed by atoms with Crippen molar-refractivity contribution in [2.75, 3.05) is 0 Å². The van der Waals surface area contributed by atoms with E-state index in [-0.39, 0.29) is 23.3 Å². The quantitative estimate of drug-likeness (QED) is 0.613. The molecule has 0 aliphatic rings. The van der Waals surface area contributed by atoms with Crippen LogP contribution in [0.3, 0.4) is 0 Å². The van der Waals surface area contributed by atoms with Crippen molar-refractivity contribution in [3.05, 3.63) is 107 Å². The summed E-state index contributed by atoms with van der Waals surface area (Å²) in [7, 11) is 0. The minimum Gasteiger partial charge on any atom is -0.294 e. The Morgan fingerprint density at radius 1 is 0.720 bits per heavy atom. The van der Waals surface area contributed by atoms with E-state index >= 15 is 0 Å². The highest BCUT2D eigenvalue weighted by Gasteiger charge is 2.18. The summed E-state index contributed by atoms with van der Waals surface area (Å²) in [4.78, 5) is 24.9. The summed E-state index contributed by atoms with van der Waals surface area (Å²) in [5, 5.41) is 0. The fourth-order valence-corrected chi connectivity index (χ4v) is 2.69. The number of hydrogen-bond donors (Lipinski definition) is 0. The zero-order valence-electron chi connectivity index (χ0n) is 13.8. The number of benzene rings is 3. The highest BCUT2D eigenvalue weighted by molar-refractivity contribution is 6.09. The van der Waals surface area contributed by atoms with Crippen molar-refractivity contribution in [1.82, 2.24) is 0 Å². The van der Waals surface area contributed by atoms with Crippen LogP contribution >= 0.6 is 0 Å². The summed E-state index contributed by atoms with van der Waals surface area (Å²) in [6.45, 7) is 1.81. The van der Waals surface area contributed by atoms with Crippen molar-refractivity contribution in [2.45, 2.75) is 12.8 Å². The second kappa shape index (κ2) is 7.22. The molecule has 0 amide bonds. The Kier molecular flexibility index (Phi) is 4.85. The van der Waals surface area contributed by atoms with Gasteiger partial charge >= 0.3 is 0 Å². The van der Waals surface area contributed by atoms with E-state index < -0.39 is 0 Å². The summed E-state index contributed by atoms with van der Waals surface area (Å²) in [5.74, 6) is -0.869. The lowest BCUT2D eigenvalue weighted by Crippen LogP contribution is -2.10. The number of carbonyl (C=O) groups excluding carboxylic acids is 2. The van der Waals surface area contributed by atoms with Crippen LogP contribution in [-0.2, 0) is 0 Å². The first-order valence-electron chi connectivity index (χ1n) is 8.06. The second-order valence-corrected chi connectivity index (χ2v) is 5.91. The lowest BCUT2D eigenvalue weighted by Gasteiger charge is -2.12. The van der Waals surface area contributed by atoms with E-state index in [4.69, 9.17) is 0 Å². The van der Waals surface area contributed by atoms with Gasteiger partial charge in [0.05, 0.1) is 0 Å². The van der Waals surface area contributed by atoms with E-state index in [0.29, 0.717) is 16.7 Å². The van der Waals surface area contributed by atoms with Gasteiger partial charge in [-0.05, 0) is 29.8 Å². The molecule has 0 N–H and O–H groups in total. The third-order valence-corrected chi connectivity index (χ3v) is 4.23. The van der Waals surface area contributed by atoms with E-state index in [1.54, 1.807) is 43.3 Å². The fourth-order valence-electron chi connectivity index (χ4n) is 2.69. The van der Waals surface area contributed by atoms with Gasteiger partial charge < -0.3 is 0 Å². The van der Waals surface area contributed by atoms with Crippen LogP contribution in [0.2, 0.25) is 0 Å². The molecule has 1 unspecified atom stereocenters. The minimum absolute atomic E-state index is 0.0512. The molecular formula is C22H17FO2. The number of rotatable bonds is 5. The van der Waals surface area contributed by atoms with Gasteiger partial charge in [-0.15, -0.1) is 0 Å². The van der Waals surface area contributed by atoms with Crippen LogP contribution < -0.4 is 0 Å². The van der Waals surface area contributed by atoms with Gasteiger partial charge in [-0.3, -0.25) is 9.59 Å². The highest BCUT2D eigenvalue weighted by Crippen LogP contribution is 2.22. The number of hydrogen-bond acceptors (Lipinski definition) is 2. The van der Waals surface area contributed by atoms with Crippen LogP contribution in [0.5, 0.6) is 0 Å². The average Bonchev–Trinajstić information content (AvgIpc) is 2.67. The lowest BCUT2D eigenvalue weighted by atomic mass is 9.91. The van der Waals surface area contributed by atoms with Crippen molar-refractivity contribution in [2.24, 2.45) is 0 Å². The Morgan fingerprint density at radius 2 is 1.24 bits per heavy atom. The molecule has 3 rings (SSSR count). The van der Waals surface area contributed by atoms with Crippen LogP contribution in [-0.4, -0.2) is 11.6 Å². The number of ketones is 2. The largest absolute Gasteiger partial charge is 0.294 e. The molecule has 3 aromatic rings. The molecule has 3 aromatic carbocycles. The van der Waals surface area contributed by atoms with Crippen LogP contribution in [0.25, 0.3) is 0 Å². The molecule has 25 heavy (non-hydrogen) atoms. The maximum Gasteiger partial charge on any atom is 0.193 e. The number of halogens is 1. The van der Waals surface area contributed by atoms with E-state index in [1.165, 1.54) is 24.3 Å². The minimum atomic E-state index is -0.369. The van der Waals surface area contributed by atoms with Gasteiger partial charge in [-0.25, -0.2) is 4.39 Å².